The standard InChI is InChI=1S/C16H29N5O/c1-12-16(13(2)20(4)19-12)18-15(22)11-21-9-6-14(7-10-21)5-8-17-3/h14,17H,5-11H2,1-4H3,(H,18,22). The van der Waals surface area contributed by atoms with Crippen LogP contribution >= 0.6 is 0 Å². The maximum absolute atomic E-state index is 12.2. The molecule has 0 atom stereocenters. The van der Waals surface area contributed by atoms with Crippen molar-refractivity contribution in [3.63, 3.8) is 0 Å². The van der Waals surface area contributed by atoms with Crippen molar-refractivity contribution in [2.75, 3.05) is 38.5 Å². The second kappa shape index (κ2) is 7.74. The number of anilines is 1. The fraction of sp³-hybridized carbons (Fsp3) is 0.750. The molecule has 1 aliphatic heterocycles. The summed E-state index contributed by atoms with van der Waals surface area (Å²) in [6.07, 6.45) is 3.63. The predicted molar refractivity (Wildman–Crippen MR) is 89.0 cm³/mol. The number of piperidine rings is 1. The molecule has 1 amide bonds. The number of likely N-dealkylation sites (tertiary alicyclic amines) is 1. The first-order valence-electron chi connectivity index (χ1n) is 8.18. The SMILES string of the molecule is CNCCC1CCN(CC(=O)Nc2c(C)nn(C)c2C)CC1. The van der Waals surface area contributed by atoms with Gasteiger partial charge in [-0.05, 0) is 65.7 Å². The first kappa shape index (κ1) is 17.0. The number of carbonyl (C=O) groups excluding carboxylic acids is 1. The van der Waals surface area contributed by atoms with Crippen LogP contribution < -0.4 is 10.6 Å². The molecule has 1 fully saturated rings. The number of nitrogens with zero attached hydrogens (tertiary/aromatic N) is 3. The Morgan fingerprint density at radius 3 is 2.55 bits per heavy atom. The highest BCUT2D eigenvalue weighted by molar-refractivity contribution is 5.93. The first-order valence-corrected chi connectivity index (χ1v) is 8.18. The maximum Gasteiger partial charge on any atom is 0.238 e. The van der Waals surface area contributed by atoms with Crippen molar-refractivity contribution in [2.24, 2.45) is 13.0 Å². The number of hydrogen-bond donors (Lipinski definition) is 2. The number of rotatable bonds is 6. The van der Waals surface area contributed by atoms with Gasteiger partial charge in [0.05, 0.1) is 23.6 Å². The van der Waals surface area contributed by atoms with E-state index in [1.54, 1.807) is 4.68 Å². The lowest BCUT2D eigenvalue weighted by Gasteiger charge is -2.31. The normalized spacial score (nSPS) is 16.9. The van der Waals surface area contributed by atoms with Crippen molar-refractivity contribution < 1.29 is 4.79 Å². The van der Waals surface area contributed by atoms with Gasteiger partial charge in [0.15, 0.2) is 0 Å². The summed E-state index contributed by atoms with van der Waals surface area (Å²) in [7, 11) is 3.90. The lowest BCUT2D eigenvalue weighted by atomic mass is 9.93. The molecule has 0 bridgehead atoms. The van der Waals surface area contributed by atoms with E-state index in [1.165, 1.54) is 19.3 Å². The van der Waals surface area contributed by atoms with E-state index in [4.69, 9.17) is 0 Å². The Hall–Kier alpha value is -1.40. The molecule has 0 aliphatic carbocycles. The lowest BCUT2D eigenvalue weighted by Crippen LogP contribution is -2.39. The quantitative estimate of drug-likeness (QED) is 0.831. The molecule has 6 heteroatoms. The van der Waals surface area contributed by atoms with Crippen molar-refractivity contribution in [3.8, 4) is 0 Å². The topological polar surface area (TPSA) is 62.2 Å². The molecule has 2 N–H and O–H groups in total. The van der Waals surface area contributed by atoms with Crippen LogP contribution in [0, 0.1) is 19.8 Å². The molecule has 124 valence electrons. The van der Waals surface area contributed by atoms with Crippen LogP contribution in [0.1, 0.15) is 30.7 Å². The molecule has 0 radical (unpaired) electrons. The third-order valence-electron chi connectivity index (χ3n) is 4.65. The van der Waals surface area contributed by atoms with Gasteiger partial charge in [-0.15, -0.1) is 0 Å². The Morgan fingerprint density at radius 2 is 2.00 bits per heavy atom. The van der Waals surface area contributed by atoms with E-state index in [0.29, 0.717) is 6.54 Å². The summed E-state index contributed by atoms with van der Waals surface area (Å²) in [5.74, 6) is 0.863. The van der Waals surface area contributed by atoms with E-state index < -0.39 is 0 Å². The van der Waals surface area contributed by atoms with Gasteiger partial charge in [0.2, 0.25) is 5.91 Å². The predicted octanol–water partition coefficient (Wildman–Crippen LogP) is 1.30. The summed E-state index contributed by atoms with van der Waals surface area (Å²) < 4.78 is 1.80. The third-order valence-corrected chi connectivity index (χ3v) is 4.65. The minimum atomic E-state index is 0.0628. The molecule has 6 nitrogen and oxygen atoms in total. The fourth-order valence-electron chi connectivity index (χ4n) is 3.12. The molecular weight excluding hydrogens is 278 g/mol. The first-order chi connectivity index (χ1) is 10.5. The van der Waals surface area contributed by atoms with Gasteiger partial charge in [-0.2, -0.15) is 5.10 Å². The minimum absolute atomic E-state index is 0.0628. The number of nitrogens with one attached hydrogen (secondary N) is 2. The van der Waals surface area contributed by atoms with Crippen LogP contribution in [0.4, 0.5) is 5.69 Å². The molecule has 2 heterocycles. The van der Waals surface area contributed by atoms with Crippen molar-refractivity contribution in [1.29, 1.82) is 0 Å². The summed E-state index contributed by atoms with van der Waals surface area (Å²) in [5.41, 5.74) is 2.73. The minimum Gasteiger partial charge on any atom is -0.322 e. The highest BCUT2D eigenvalue weighted by atomic mass is 16.2. The van der Waals surface area contributed by atoms with Gasteiger partial charge in [0, 0.05) is 7.05 Å². The largest absolute Gasteiger partial charge is 0.322 e. The lowest BCUT2D eigenvalue weighted by molar-refractivity contribution is -0.117. The van der Waals surface area contributed by atoms with Gasteiger partial charge in [-0.1, -0.05) is 0 Å². The molecule has 1 aliphatic rings. The Kier molecular flexibility index (Phi) is 5.97. The number of hydrogen-bond acceptors (Lipinski definition) is 4. The number of carbonyl (C=O) groups is 1. The Labute approximate surface area is 133 Å². The zero-order valence-corrected chi connectivity index (χ0v) is 14.3. The van der Waals surface area contributed by atoms with Crippen molar-refractivity contribution in [2.45, 2.75) is 33.1 Å². The van der Waals surface area contributed by atoms with Crippen molar-refractivity contribution >= 4 is 11.6 Å². The average molecular weight is 307 g/mol. The summed E-state index contributed by atoms with van der Waals surface area (Å²) in [6.45, 7) is 7.51. The van der Waals surface area contributed by atoms with E-state index in [0.717, 1.165) is 42.6 Å². The van der Waals surface area contributed by atoms with E-state index in [9.17, 15) is 4.79 Å². The van der Waals surface area contributed by atoms with E-state index >= 15 is 0 Å². The van der Waals surface area contributed by atoms with Gasteiger partial charge in [-0.3, -0.25) is 14.4 Å². The van der Waals surface area contributed by atoms with Crippen LogP contribution in [0.2, 0.25) is 0 Å². The van der Waals surface area contributed by atoms with E-state index in [-0.39, 0.29) is 5.91 Å². The fourth-order valence-corrected chi connectivity index (χ4v) is 3.12. The van der Waals surface area contributed by atoms with Crippen LogP contribution in [-0.4, -0.2) is 53.8 Å². The summed E-state index contributed by atoms with van der Waals surface area (Å²) in [5, 5.41) is 10.6. The van der Waals surface area contributed by atoms with E-state index in [2.05, 4.69) is 20.6 Å². The van der Waals surface area contributed by atoms with Gasteiger partial charge in [0.1, 0.15) is 0 Å². The van der Waals surface area contributed by atoms with Gasteiger partial charge in [0.25, 0.3) is 0 Å². The third kappa shape index (κ3) is 4.30. The highest BCUT2D eigenvalue weighted by Crippen LogP contribution is 2.21. The molecule has 1 saturated heterocycles. The van der Waals surface area contributed by atoms with Crippen LogP contribution in [0.5, 0.6) is 0 Å². The number of aromatic nitrogens is 2. The molecule has 2 rings (SSSR count). The molecule has 1 aromatic heterocycles. The number of amides is 1. The monoisotopic (exact) mass is 307 g/mol. The van der Waals surface area contributed by atoms with Crippen molar-refractivity contribution in [1.82, 2.24) is 20.0 Å². The molecule has 0 saturated carbocycles. The molecule has 0 spiro atoms. The van der Waals surface area contributed by atoms with E-state index in [1.807, 2.05) is 27.9 Å². The van der Waals surface area contributed by atoms with Crippen LogP contribution in [-0.2, 0) is 11.8 Å². The molecular formula is C16H29N5O. The van der Waals surface area contributed by atoms with Crippen molar-refractivity contribution in [3.05, 3.63) is 11.4 Å². The Bertz CT molecular complexity index is 503. The zero-order chi connectivity index (χ0) is 16.1. The summed E-state index contributed by atoms with van der Waals surface area (Å²) in [4.78, 5) is 14.5. The Balaban J connectivity index is 1.79. The molecule has 1 aromatic rings. The van der Waals surface area contributed by atoms with Crippen LogP contribution in [0.15, 0.2) is 0 Å². The molecule has 0 unspecified atom stereocenters. The second-order valence-corrected chi connectivity index (χ2v) is 6.33. The zero-order valence-electron chi connectivity index (χ0n) is 14.3. The number of aryl methyl sites for hydroxylation is 2. The highest BCUT2D eigenvalue weighted by Gasteiger charge is 2.21. The van der Waals surface area contributed by atoms with Gasteiger partial charge >= 0.3 is 0 Å². The summed E-state index contributed by atoms with van der Waals surface area (Å²) >= 11 is 0. The van der Waals surface area contributed by atoms with Gasteiger partial charge in [-0.25, -0.2) is 0 Å². The summed E-state index contributed by atoms with van der Waals surface area (Å²) in [6, 6.07) is 0. The van der Waals surface area contributed by atoms with Gasteiger partial charge < -0.3 is 10.6 Å². The average Bonchev–Trinajstić information content (AvgIpc) is 2.73. The molecule has 0 aromatic carbocycles. The Morgan fingerprint density at radius 1 is 1.32 bits per heavy atom. The van der Waals surface area contributed by atoms with Crippen LogP contribution in [0.3, 0.4) is 0 Å². The molecule has 22 heavy (non-hydrogen) atoms. The smallest absolute Gasteiger partial charge is 0.238 e. The maximum atomic E-state index is 12.2. The second-order valence-electron chi connectivity index (χ2n) is 6.33. The van der Waals surface area contributed by atoms with Crippen LogP contribution in [0.25, 0.3) is 0 Å².